The van der Waals surface area contributed by atoms with Gasteiger partial charge in [-0.1, -0.05) is 19.9 Å². The van der Waals surface area contributed by atoms with Crippen molar-refractivity contribution in [3.05, 3.63) is 29.3 Å². The van der Waals surface area contributed by atoms with Gasteiger partial charge >= 0.3 is 11.9 Å². The minimum Gasteiger partial charge on any atom is -0.493 e. The first-order chi connectivity index (χ1) is 10.3. The van der Waals surface area contributed by atoms with Gasteiger partial charge in [-0.2, -0.15) is 4.39 Å². The maximum absolute atomic E-state index is 13.6. The summed E-state index contributed by atoms with van der Waals surface area (Å²) in [5, 5.41) is 0. The summed E-state index contributed by atoms with van der Waals surface area (Å²) in [6.45, 7) is 3.38. The van der Waals surface area contributed by atoms with Gasteiger partial charge in [0.2, 0.25) is 11.9 Å². The molecule has 122 valence electrons. The van der Waals surface area contributed by atoms with Crippen molar-refractivity contribution < 1.29 is 32.6 Å². The number of hydrogen-bond acceptors (Lipinski definition) is 5. The molecular formula is C15H18F2O5. The standard InChI is InChI=1S/C15H18F2O5/c1-8(2)13(15(19)21-4)22-11(18)7-9-5-6-10(16)12(17)14(9)20-3/h5-6,8,13H,7H2,1-4H3. The van der Waals surface area contributed by atoms with Gasteiger partial charge in [0, 0.05) is 11.5 Å². The van der Waals surface area contributed by atoms with Gasteiger partial charge in [-0.05, 0) is 6.07 Å². The third kappa shape index (κ3) is 4.16. The van der Waals surface area contributed by atoms with Crippen molar-refractivity contribution in [1.29, 1.82) is 0 Å². The lowest BCUT2D eigenvalue weighted by Crippen LogP contribution is -2.33. The third-order valence-corrected chi connectivity index (χ3v) is 2.97. The molecule has 0 radical (unpaired) electrons. The molecule has 0 aliphatic carbocycles. The second-order valence-electron chi connectivity index (χ2n) is 4.91. The van der Waals surface area contributed by atoms with Crippen LogP contribution in [0.1, 0.15) is 19.4 Å². The maximum Gasteiger partial charge on any atom is 0.347 e. The molecule has 0 amide bonds. The highest BCUT2D eigenvalue weighted by atomic mass is 19.2. The molecule has 7 heteroatoms. The van der Waals surface area contributed by atoms with Gasteiger partial charge in [-0.3, -0.25) is 4.79 Å². The molecule has 1 aromatic rings. The molecule has 0 saturated heterocycles. The largest absolute Gasteiger partial charge is 0.493 e. The van der Waals surface area contributed by atoms with Gasteiger partial charge in [0.05, 0.1) is 20.6 Å². The van der Waals surface area contributed by atoms with Crippen LogP contribution in [0.4, 0.5) is 8.78 Å². The molecule has 1 atom stereocenters. The molecule has 0 spiro atoms. The quantitative estimate of drug-likeness (QED) is 0.753. The molecule has 0 aliphatic heterocycles. The molecule has 1 rings (SSSR count). The van der Waals surface area contributed by atoms with Gasteiger partial charge < -0.3 is 14.2 Å². The maximum atomic E-state index is 13.6. The predicted octanol–water partition coefficient (Wildman–Crippen LogP) is 2.26. The highest BCUT2D eigenvalue weighted by Crippen LogP contribution is 2.25. The summed E-state index contributed by atoms with van der Waals surface area (Å²) in [6.07, 6.45) is -1.42. The van der Waals surface area contributed by atoms with Crippen LogP contribution in [0.15, 0.2) is 12.1 Å². The van der Waals surface area contributed by atoms with Crippen LogP contribution in [0.3, 0.4) is 0 Å². The van der Waals surface area contributed by atoms with E-state index in [0.29, 0.717) is 0 Å². The summed E-state index contributed by atoms with van der Waals surface area (Å²) in [5.74, 6) is -4.36. The molecule has 0 aromatic heterocycles. The van der Waals surface area contributed by atoms with E-state index in [0.717, 1.165) is 13.2 Å². The lowest BCUT2D eigenvalue weighted by Gasteiger charge is -2.19. The topological polar surface area (TPSA) is 61.8 Å². The van der Waals surface area contributed by atoms with Crippen LogP contribution in [0, 0.1) is 17.6 Å². The van der Waals surface area contributed by atoms with Gasteiger partial charge in [-0.15, -0.1) is 0 Å². The number of halogens is 2. The molecular weight excluding hydrogens is 298 g/mol. The Hall–Kier alpha value is -2.18. The first kappa shape index (κ1) is 17.9. The van der Waals surface area contributed by atoms with E-state index in [1.165, 1.54) is 13.2 Å². The number of rotatable bonds is 6. The third-order valence-electron chi connectivity index (χ3n) is 2.97. The summed E-state index contributed by atoms with van der Waals surface area (Å²) in [5.41, 5.74) is 0.124. The van der Waals surface area contributed by atoms with E-state index >= 15 is 0 Å². The van der Waals surface area contributed by atoms with Crippen molar-refractivity contribution in [1.82, 2.24) is 0 Å². The number of carbonyl (C=O) groups excluding carboxylic acids is 2. The summed E-state index contributed by atoms with van der Waals surface area (Å²) < 4.78 is 41.1. The van der Waals surface area contributed by atoms with Gasteiger partial charge in [0.1, 0.15) is 0 Å². The molecule has 0 fully saturated rings. The monoisotopic (exact) mass is 316 g/mol. The fourth-order valence-corrected chi connectivity index (χ4v) is 1.84. The van der Waals surface area contributed by atoms with E-state index in [-0.39, 0.29) is 23.7 Å². The Labute approximate surface area is 127 Å². The lowest BCUT2D eigenvalue weighted by atomic mass is 10.1. The number of hydrogen-bond donors (Lipinski definition) is 0. The molecule has 0 N–H and O–H groups in total. The number of benzene rings is 1. The van der Waals surface area contributed by atoms with E-state index in [1.807, 2.05) is 0 Å². The van der Waals surface area contributed by atoms with Crippen molar-refractivity contribution in [2.75, 3.05) is 14.2 Å². The smallest absolute Gasteiger partial charge is 0.347 e. The Bertz CT molecular complexity index is 557. The van der Waals surface area contributed by atoms with Gasteiger partial charge in [0.15, 0.2) is 11.6 Å². The molecule has 0 bridgehead atoms. The Kier molecular flexibility index (Phi) is 6.27. The molecule has 1 aromatic carbocycles. The zero-order valence-corrected chi connectivity index (χ0v) is 12.8. The second-order valence-corrected chi connectivity index (χ2v) is 4.91. The van der Waals surface area contributed by atoms with Crippen LogP contribution in [0.2, 0.25) is 0 Å². The lowest BCUT2D eigenvalue weighted by molar-refractivity contribution is -0.168. The minimum absolute atomic E-state index is 0.124. The van der Waals surface area contributed by atoms with Crippen molar-refractivity contribution in [2.24, 2.45) is 5.92 Å². The van der Waals surface area contributed by atoms with E-state index < -0.39 is 29.7 Å². The summed E-state index contributed by atoms with van der Waals surface area (Å²) >= 11 is 0. The highest BCUT2D eigenvalue weighted by molar-refractivity contribution is 5.80. The molecule has 0 heterocycles. The Morgan fingerprint density at radius 3 is 2.32 bits per heavy atom. The van der Waals surface area contributed by atoms with E-state index in [1.54, 1.807) is 13.8 Å². The van der Waals surface area contributed by atoms with E-state index in [2.05, 4.69) is 4.74 Å². The fraction of sp³-hybridized carbons (Fsp3) is 0.467. The molecule has 5 nitrogen and oxygen atoms in total. The summed E-state index contributed by atoms with van der Waals surface area (Å²) in [6, 6.07) is 2.11. The average Bonchev–Trinajstić information content (AvgIpc) is 2.48. The average molecular weight is 316 g/mol. The van der Waals surface area contributed by atoms with Crippen molar-refractivity contribution in [3.8, 4) is 5.75 Å². The number of methoxy groups -OCH3 is 2. The zero-order chi connectivity index (χ0) is 16.9. The van der Waals surface area contributed by atoms with Crippen LogP contribution < -0.4 is 4.74 Å². The van der Waals surface area contributed by atoms with Gasteiger partial charge in [-0.25, -0.2) is 9.18 Å². The Morgan fingerprint density at radius 1 is 1.18 bits per heavy atom. The summed E-state index contributed by atoms with van der Waals surface area (Å²) in [4.78, 5) is 23.4. The van der Waals surface area contributed by atoms with Crippen LogP contribution in [-0.4, -0.2) is 32.3 Å². The summed E-state index contributed by atoms with van der Waals surface area (Å²) in [7, 11) is 2.35. The predicted molar refractivity (Wildman–Crippen MR) is 73.3 cm³/mol. The van der Waals surface area contributed by atoms with Crippen LogP contribution >= 0.6 is 0 Å². The minimum atomic E-state index is -1.18. The van der Waals surface area contributed by atoms with Crippen molar-refractivity contribution in [2.45, 2.75) is 26.4 Å². The van der Waals surface area contributed by atoms with Crippen molar-refractivity contribution in [3.63, 3.8) is 0 Å². The Balaban J connectivity index is 2.89. The van der Waals surface area contributed by atoms with Gasteiger partial charge in [0.25, 0.3) is 0 Å². The first-order valence-electron chi connectivity index (χ1n) is 6.60. The van der Waals surface area contributed by atoms with Crippen molar-refractivity contribution >= 4 is 11.9 Å². The molecule has 0 aliphatic rings. The first-order valence-corrected chi connectivity index (χ1v) is 6.60. The molecule has 22 heavy (non-hydrogen) atoms. The van der Waals surface area contributed by atoms with Crippen LogP contribution in [0.5, 0.6) is 5.75 Å². The molecule has 1 unspecified atom stereocenters. The van der Waals surface area contributed by atoms with E-state index in [4.69, 9.17) is 9.47 Å². The fourth-order valence-electron chi connectivity index (χ4n) is 1.84. The Morgan fingerprint density at radius 2 is 1.82 bits per heavy atom. The van der Waals surface area contributed by atoms with Crippen LogP contribution in [-0.2, 0) is 25.5 Å². The number of esters is 2. The van der Waals surface area contributed by atoms with E-state index in [9.17, 15) is 18.4 Å². The zero-order valence-electron chi connectivity index (χ0n) is 12.8. The number of carbonyl (C=O) groups is 2. The highest BCUT2D eigenvalue weighted by Gasteiger charge is 2.28. The van der Waals surface area contributed by atoms with Crippen LogP contribution in [0.25, 0.3) is 0 Å². The number of ether oxygens (including phenoxy) is 3. The molecule has 0 saturated carbocycles. The second kappa shape index (κ2) is 7.72. The SMILES string of the molecule is COC(=O)C(OC(=O)Cc1ccc(F)c(F)c1OC)C(C)C. The normalized spacial score (nSPS) is 12.0.